The maximum Gasteiger partial charge on any atom is 0.414 e. The second kappa shape index (κ2) is 10.4. The largest absolute Gasteiger partial charge is 0.492 e. The maximum atomic E-state index is 12.1. The van der Waals surface area contributed by atoms with E-state index in [1.807, 2.05) is 38.2 Å². The quantitative estimate of drug-likeness (QED) is 0.753. The lowest BCUT2D eigenvalue weighted by Gasteiger charge is -2.37. The molecule has 1 aromatic rings. The molecule has 1 aromatic carbocycles. The molecule has 0 radical (unpaired) electrons. The van der Waals surface area contributed by atoms with Gasteiger partial charge < -0.3 is 19.7 Å². The van der Waals surface area contributed by atoms with Gasteiger partial charge in [-0.1, -0.05) is 12.1 Å². The highest BCUT2D eigenvalue weighted by Crippen LogP contribution is 2.30. The third kappa shape index (κ3) is 6.34. The first-order chi connectivity index (χ1) is 12.3. The van der Waals surface area contributed by atoms with E-state index in [9.17, 15) is 4.79 Å². The first kappa shape index (κ1) is 21.4. The van der Waals surface area contributed by atoms with Gasteiger partial charge in [0.05, 0.1) is 18.9 Å². The summed E-state index contributed by atoms with van der Waals surface area (Å²) < 4.78 is 11.4. The predicted octanol–water partition coefficient (Wildman–Crippen LogP) is 0.882. The zero-order chi connectivity index (χ0) is 19.7. The second-order valence-electron chi connectivity index (χ2n) is 5.49. The van der Waals surface area contributed by atoms with Gasteiger partial charge in [-0.3, -0.25) is 14.6 Å². The van der Waals surface area contributed by atoms with E-state index in [0.29, 0.717) is 25.5 Å². The molecule has 1 aliphatic heterocycles. The number of hydrogen-bond acceptors (Lipinski definition) is 6. The highest BCUT2D eigenvalue weighted by Gasteiger charge is 2.29. The van der Waals surface area contributed by atoms with Gasteiger partial charge in [-0.15, -0.1) is 0 Å². The Labute approximate surface area is 151 Å². The average Bonchev–Trinajstić information content (AvgIpc) is 2.57. The summed E-state index contributed by atoms with van der Waals surface area (Å²) in [7, 11) is 2.03. The van der Waals surface area contributed by atoms with Crippen LogP contribution in [0.15, 0.2) is 24.3 Å². The SMILES string of the molecule is CCOc1ccccc1N(C(C)=O)C1CN(C)CCO1.O=C(O)C(=O)O. The van der Waals surface area contributed by atoms with Crippen LogP contribution in [0.3, 0.4) is 0 Å². The molecule has 1 amide bonds. The number of rotatable bonds is 4. The number of hydrogen-bond donors (Lipinski definition) is 2. The van der Waals surface area contributed by atoms with Gasteiger partial charge in [-0.05, 0) is 26.1 Å². The molecule has 1 heterocycles. The van der Waals surface area contributed by atoms with Gasteiger partial charge >= 0.3 is 11.9 Å². The molecule has 9 nitrogen and oxygen atoms in total. The van der Waals surface area contributed by atoms with E-state index in [0.717, 1.165) is 12.2 Å². The highest BCUT2D eigenvalue weighted by atomic mass is 16.5. The van der Waals surface area contributed by atoms with Crippen LogP contribution in [-0.2, 0) is 19.1 Å². The summed E-state index contributed by atoms with van der Waals surface area (Å²) in [5.41, 5.74) is 0.766. The van der Waals surface area contributed by atoms with Crippen molar-refractivity contribution in [2.45, 2.75) is 20.1 Å². The number of nitrogens with zero attached hydrogens (tertiary/aromatic N) is 2. The third-order valence-corrected chi connectivity index (χ3v) is 3.49. The Morgan fingerprint density at radius 2 is 1.88 bits per heavy atom. The van der Waals surface area contributed by atoms with Crippen molar-refractivity contribution in [1.29, 1.82) is 0 Å². The molecular formula is C17H24N2O7. The summed E-state index contributed by atoms with van der Waals surface area (Å²) >= 11 is 0. The maximum absolute atomic E-state index is 12.1. The lowest BCUT2D eigenvalue weighted by atomic mass is 10.2. The monoisotopic (exact) mass is 368 g/mol. The Morgan fingerprint density at radius 3 is 2.38 bits per heavy atom. The first-order valence-corrected chi connectivity index (χ1v) is 8.05. The highest BCUT2D eigenvalue weighted by molar-refractivity contribution is 6.27. The summed E-state index contributed by atoms with van der Waals surface area (Å²) in [6.07, 6.45) is -0.271. The van der Waals surface area contributed by atoms with E-state index < -0.39 is 11.9 Å². The molecule has 1 fully saturated rings. The molecule has 0 bridgehead atoms. The number of carboxylic acids is 2. The molecule has 0 spiro atoms. The fourth-order valence-electron chi connectivity index (χ4n) is 2.37. The van der Waals surface area contributed by atoms with Crippen LogP contribution in [0.1, 0.15) is 13.8 Å². The van der Waals surface area contributed by atoms with Crippen LogP contribution in [0.2, 0.25) is 0 Å². The van der Waals surface area contributed by atoms with Gasteiger partial charge in [-0.25, -0.2) is 9.59 Å². The Balaban J connectivity index is 0.000000487. The van der Waals surface area contributed by atoms with Crippen LogP contribution >= 0.6 is 0 Å². The fourth-order valence-corrected chi connectivity index (χ4v) is 2.37. The van der Waals surface area contributed by atoms with Gasteiger partial charge in [0.1, 0.15) is 12.0 Å². The molecule has 1 aliphatic rings. The van der Waals surface area contributed by atoms with Gasteiger partial charge in [0.25, 0.3) is 0 Å². The lowest BCUT2D eigenvalue weighted by Crippen LogP contribution is -2.51. The summed E-state index contributed by atoms with van der Waals surface area (Å²) in [4.78, 5) is 34.1. The Kier molecular flexibility index (Phi) is 8.53. The molecule has 2 rings (SSSR count). The summed E-state index contributed by atoms with van der Waals surface area (Å²) in [6.45, 7) is 6.26. The number of morpholine rings is 1. The number of aliphatic carboxylic acids is 2. The van der Waals surface area contributed by atoms with E-state index in [-0.39, 0.29) is 12.1 Å². The third-order valence-electron chi connectivity index (χ3n) is 3.49. The topological polar surface area (TPSA) is 117 Å². The van der Waals surface area contributed by atoms with Crippen molar-refractivity contribution in [2.24, 2.45) is 0 Å². The van der Waals surface area contributed by atoms with Crippen LogP contribution in [0.25, 0.3) is 0 Å². The number of ether oxygens (including phenoxy) is 2. The molecular weight excluding hydrogens is 344 g/mol. The first-order valence-electron chi connectivity index (χ1n) is 8.05. The lowest BCUT2D eigenvalue weighted by molar-refractivity contribution is -0.159. The second-order valence-corrected chi connectivity index (χ2v) is 5.49. The summed E-state index contributed by atoms with van der Waals surface area (Å²) in [5, 5.41) is 14.8. The normalized spacial score (nSPS) is 16.8. The van der Waals surface area contributed by atoms with E-state index in [4.69, 9.17) is 29.3 Å². The molecule has 1 atom stereocenters. The number of anilines is 1. The minimum atomic E-state index is -1.82. The van der Waals surface area contributed by atoms with Crippen LogP contribution in [0, 0.1) is 0 Å². The van der Waals surface area contributed by atoms with Gasteiger partial charge in [0, 0.05) is 20.0 Å². The molecule has 2 N–H and O–H groups in total. The molecule has 1 unspecified atom stereocenters. The summed E-state index contributed by atoms with van der Waals surface area (Å²) in [5.74, 6) is -2.98. The van der Waals surface area contributed by atoms with Crippen molar-refractivity contribution in [2.75, 3.05) is 38.3 Å². The van der Waals surface area contributed by atoms with Gasteiger partial charge in [0.15, 0.2) is 0 Å². The standard InChI is InChI=1S/C15H22N2O3.C2H2O4/c1-4-19-14-8-6-5-7-13(14)17(12(2)18)15-11-16(3)9-10-20-15;3-1(4)2(5)6/h5-8,15H,4,9-11H2,1-3H3;(H,3,4)(H,5,6). The van der Waals surface area contributed by atoms with Crippen molar-refractivity contribution in [3.05, 3.63) is 24.3 Å². The molecule has 26 heavy (non-hydrogen) atoms. The van der Waals surface area contributed by atoms with E-state index in [2.05, 4.69) is 4.90 Å². The Morgan fingerprint density at radius 1 is 1.27 bits per heavy atom. The van der Waals surface area contributed by atoms with Crippen LogP contribution in [-0.4, -0.2) is 72.5 Å². The molecule has 0 aliphatic carbocycles. The molecule has 9 heteroatoms. The molecule has 0 aromatic heterocycles. The molecule has 1 saturated heterocycles. The van der Waals surface area contributed by atoms with E-state index in [1.54, 1.807) is 11.8 Å². The number of carbonyl (C=O) groups is 3. The number of amides is 1. The number of para-hydroxylation sites is 2. The van der Waals surface area contributed by atoms with Gasteiger partial charge in [-0.2, -0.15) is 0 Å². The average molecular weight is 368 g/mol. The molecule has 144 valence electrons. The predicted molar refractivity (Wildman–Crippen MR) is 93.3 cm³/mol. The van der Waals surface area contributed by atoms with Crippen LogP contribution in [0.4, 0.5) is 5.69 Å². The van der Waals surface area contributed by atoms with Crippen molar-refractivity contribution in [3.8, 4) is 5.75 Å². The van der Waals surface area contributed by atoms with Crippen LogP contribution in [0.5, 0.6) is 5.75 Å². The Bertz CT molecular complexity index is 623. The van der Waals surface area contributed by atoms with Crippen molar-refractivity contribution >= 4 is 23.5 Å². The zero-order valence-electron chi connectivity index (χ0n) is 15.0. The van der Waals surface area contributed by atoms with Crippen LogP contribution < -0.4 is 9.64 Å². The number of carbonyl (C=O) groups excluding carboxylic acids is 1. The Hall–Kier alpha value is -2.65. The van der Waals surface area contributed by atoms with Crippen molar-refractivity contribution in [3.63, 3.8) is 0 Å². The van der Waals surface area contributed by atoms with Crippen molar-refractivity contribution in [1.82, 2.24) is 4.90 Å². The zero-order valence-corrected chi connectivity index (χ0v) is 15.0. The summed E-state index contributed by atoms with van der Waals surface area (Å²) in [6, 6.07) is 7.58. The molecule has 0 saturated carbocycles. The number of likely N-dealkylation sites (N-methyl/N-ethyl adjacent to an activating group) is 1. The van der Waals surface area contributed by atoms with E-state index in [1.165, 1.54) is 0 Å². The fraction of sp³-hybridized carbons (Fsp3) is 0.471. The minimum absolute atomic E-state index is 0.0440. The number of carboxylic acid groups (broad SMARTS) is 2. The van der Waals surface area contributed by atoms with Crippen molar-refractivity contribution < 1.29 is 34.1 Å². The van der Waals surface area contributed by atoms with Gasteiger partial charge in [0.2, 0.25) is 5.91 Å². The smallest absolute Gasteiger partial charge is 0.414 e. The number of benzene rings is 1. The minimum Gasteiger partial charge on any atom is -0.492 e. The van der Waals surface area contributed by atoms with E-state index >= 15 is 0 Å².